The Kier molecular flexibility index (Phi) is 10.3. The van der Waals surface area contributed by atoms with Gasteiger partial charge in [0.2, 0.25) is 5.91 Å². The summed E-state index contributed by atoms with van der Waals surface area (Å²) in [5, 5.41) is 12.9. The molecule has 240 valence electrons. The molecule has 3 N–H and O–H groups in total. The highest BCUT2D eigenvalue weighted by molar-refractivity contribution is 5.99. The molecule has 0 bridgehead atoms. The van der Waals surface area contributed by atoms with Crippen LogP contribution in [0.5, 0.6) is 0 Å². The number of nitrogens with two attached hydrogens (primary N) is 1. The van der Waals surface area contributed by atoms with Crippen LogP contribution in [0.15, 0.2) is 41.4 Å². The first kappa shape index (κ1) is 33.7. The number of amides is 3. The number of amidine groups is 1. The number of aryl methyl sites for hydroxylation is 2. The van der Waals surface area contributed by atoms with E-state index >= 15 is 0 Å². The number of nitrogens with one attached hydrogen (secondary N) is 1. The van der Waals surface area contributed by atoms with Gasteiger partial charge in [0.15, 0.2) is 0 Å². The third kappa shape index (κ3) is 6.89. The molecule has 2 aliphatic rings. The maximum Gasteiger partial charge on any atom is 0.253 e. The molecule has 4 rings (SSSR count). The van der Waals surface area contributed by atoms with Gasteiger partial charge < -0.3 is 25.8 Å². The fraction of sp³-hybridized carbons (Fsp3) is 0.514. The molecule has 10 nitrogen and oxygen atoms in total. The van der Waals surface area contributed by atoms with Crippen molar-refractivity contribution in [2.45, 2.75) is 76.4 Å². The van der Waals surface area contributed by atoms with Gasteiger partial charge in [0.05, 0.1) is 18.0 Å². The third-order valence-electron chi connectivity index (χ3n) is 8.87. The Labute approximate surface area is 267 Å². The largest absolute Gasteiger partial charge is 0.386 e. The number of fused-ring (bicyclic) bond motifs is 2. The summed E-state index contributed by atoms with van der Waals surface area (Å²) < 4.78 is 0. The van der Waals surface area contributed by atoms with Gasteiger partial charge in [-0.05, 0) is 99.4 Å². The predicted octanol–water partition coefficient (Wildman–Crippen LogP) is 3.12. The Hall–Kier alpha value is -4.23. The van der Waals surface area contributed by atoms with Crippen LogP contribution in [0, 0.1) is 11.3 Å². The molecule has 2 aromatic carbocycles. The molecular weight excluding hydrogens is 566 g/mol. The zero-order chi connectivity index (χ0) is 33.1. The molecule has 1 fully saturated rings. The van der Waals surface area contributed by atoms with E-state index in [-0.39, 0.29) is 42.4 Å². The molecule has 0 saturated carbocycles. The zero-order valence-electron chi connectivity index (χ0n) is 27.7. The Bertz CT molecular complexity index is 1450. The first-order valence-electron chi connectivity index (χ1n) is 15.8. The van der Waals surface area contributed by atoms with Gasteiger partial charge in [0.1, 0.15) is 11.9 Å². The summed E-state index contributed by atoms with van der Waals surface area (Å²) in [6, 6.07) is 13.2. The average molecular weight is 614 g/mol. The van der Waals surface area contributed by atoms with Gasteiger partial charge in [-0.25, -0.2) is 0 Å². The molecule has 1 heterocycles. The molecule has 0 spiro atoms. The number of carbonyl (C=O) groups excluding carboxylic acids is 3. The van der Waals surface area contributed by atoms with Crippen molar-refractivity contribution in [3.8, 4) is 6.07 Å². The minimum Gasteiger partial charge on any atom is -0.386 e. The van der Waals surface area contributed by atoms with E-state index in [1.165, 1.54) is 0 Å². The highest BCUT2D eigenvalue weighted by Crippen LogP contribution is 2.44. The number of hydrogen-bond donors (Lipinski definition) is 2. The molecule has 10 heteroatoms. The number of likely N-dealkylation sites (tertiary alicyclic amines) is 1. The van der Waals surface area contributed by atoms with Gasteiger partial charge in [-0.3, -0.25) is 19.4 Å². The highest BCUT2D eigenvalue weighted by atomic mass is 16.2. The van der Waals surface area contributed by atoms with Crippen LogP contribution < -0.4 is 11.1 Å². The van der Waals surface area contributed by atoms with Gasteiger partial charge in [-0.15, -0.1) is 0 Å². The predicted molar refractivity (Wildman–Crippen MR) is 176 cm³/mol. The second-order valence-electron chi connectivity index (χ2n) is 13.0. The first-order valence-corrected chi connectivity index (χ1v) is 15.8. The Morgan fingerprint density at radius 3 is 2.00 bits per heavy atom. The molecule has 1 saturated heterocycles. The summed E-state index contributed by atoms with van der Waals surface area (Å²) in [5.74, 6) is 0.186. The molecule has 3 amide bonds. The van der Waals surface area contributed by atoms with Crippen LogP contribution >= 0.6 is 0 Å². The quantitative estimate of drug-likeness (QED) is 0.330. The topological polar surface area (TPSA) is 135 Å². The minimum atomic E-state index is -0.900. The van der Waals surface area contributed by atoms with Crippen molar-refractivity contribution in [1.29, 1.82) is 5.26 Å². The first-order chi connectivity index (χ1) is 21.3. The van der Waals surface area contributed by atoms with Gasteiger partial charge in [0.25, 0.3) is 11.8 Å². The second kappa shape index (κ2) is 13.8. The number of carbonyl (C=O) groups is 3. The molecule has 2 aromatic rings. The van der Waals surface area contributed by atoms with Gasteiger partial charge in [-0.1, -0.05) is 12.1 Å². The number of nitriles is 1. The normalized spacial score (nSPS) is 18.0. The number of hydrogen-bond acceptors (Lipinski definition) is 6. The number of benzene rings is 2. The lowest BCUT2D eigenvalue weighted by Crippen LogP contribution is -2.49. The van der Waals surface area contributed by atoms with Gasteiger partial charge in [0, 0.05) is 57.9 Å². The molecule has 2 atom stereocenters. The van der Waals surface area contributed by atoms with E-state index in [0.29, 0.717) is 49.2 Å². The zero-order valence-corrected chi connectivity index (χ0v) is 27.7. The second-order valence-corrected chi connectivity index (χ2v) is 13.0. The summed E-state index contributed by atoms with van der Waals surface area (Å²) >= 11 is 0. The Balaban J connectivity index is 1.86. The summed E-state index contributed by atoms with van der Waals surface area (Å²) in [6.07, 6.45) is 3.31. The minimum absolute atomic E-state index is 0.0795. The van der Waals surface area contributed by atoms with E-state index in [1.54, 1.807) is 42.9 Å². The van der Waals surface area contributed by atoms with Crippen LogP contribution in [0.2, 0.25) is 0 Å². The smallest absolute Gasteiger partial charge is 0.253 e. The summed E-state index contributed by atoms with van der Waals surface area (Å²) in [6.45, 7) is 6.69. The SMILES string of the molecule is CC(C)N=C(N)C1(C[C@@H](C)NCC(=O)N2CCCC2C#N)c2ccc(C(=O)N(C)C)cc2CCc2cc(C(=O)N(C)C)ccc21. The summed E-state index contributed by atoms with van der Waals surface area (Å²) in [4.78, 5) is 48.9. The van der Waals surface area contributed by atoms with E-state index in [4.69, 9.17) is 10.7 Å². The molecule has 1 aliphatic carbocycles. The molecule has 0 aromatic heterocycles. The number of rotatable bonds is 9. The van der Waals surface area contributed by atoms with Crippen molar-refractivity contribution in [3.05, 3.63) is 69.8 Å². The van der Waals surface area contributed by atoms with Crippen molar-refractivity contribution in [1.82, 2.24) is 20.0 Å². The standard InChI is InChI=1S/C35H47N7O3/c1-22(2)39-34(37)35(19-23(3)38-21-31(43)42-16-8-9-28(42)20-36)29-14-12-26(32(44)40(4)5)17-24(29)10-11-25-18-27(13-15-30(25)35)33(45)41(6)7/h12-15,17-18,22-23,28,38H,8-11,16,19,21H2,1-7H3,(H2,37,39)/t23-,28?/m1/s1. The molecule has 45 heavy (non-hydrogen) atoms. The Morgan fingerprint density at radius 1 is 1.00 bits per heavy atom. The third-order valence-corrected chi connectivity index (χ3v) is 8.87. The Morgan fingerprint density at radius 2 is 1.53 bits per heavy atom. The van der Waals surface area contributed by atoms with E-state index in [1.807, 2.05) is 57.2 Å². The lowest BCUT2D eigenvalue weighted by atomic mass is 9.67. The summed E-state index contributed by atoms with van der Waals surface area (Å²) in [7, 11) is 6.95. The van der Waals surface area contributed by atoms with Crippen LogP contribution in [-0.2, 0) is 23.1 Å². The van der Waals surface area contributed by atoms with Gasteiger partial charge in [-0.2, -0.15) is 5.26 Å². The molecule has 1 unspecified atom stereocenters. The van der Waals surface area contributed by atoms with Crippen LogP contribution in [-0.4, -0.2) is 97.7 Å². The maximum absolute atomic E-state index is 13.1. The fourth-order valence-electron chi connectivity index (χ4n) is 6.71. The van der Waals surface area contributed by atoms with E-state index in [0.717, 1.165) is 28.7 Å². The molecular formula is C35H47N7O3. The van der Waals surface area contributed by atoms with Crippen molar-refractivity contribution >= 4 is 23.6 Å². The van der Waals surface area contributed by atoms with Crippen LogP contribution in [0.3, 0.4) is 0 Å². The van der Waals surface area contributed by atoms with Crippen molar-refractivity contribution < 1.29 is 14.4 Å². The summed E-state index contributed by atoms with van der Waals surface area (Å²) in [5.41, 5.74) is 11.3. The van der Waals surface area contributed by atoms with Crippen molar-refractivity contribution in [2.75, 3.05) is 41.3 Å². The maximum atomic E-state index is 13.1. The van der Waals surface area contributed by atoms with E-state index in [2.05, 4.69) is 11.4 Å². The van der Waals surface area contributed by atoms with E-state index < -0.39 is 5.41 Å². The number of nitrogens with zero attached hydrogens (tertiary/aromatic N) is 5. The lowest BCUT2D eigenvalue weighted by molar-refractivity contribution is -0.130. The van der Waals surface area contributed by atoms with Crippen molar-refractivity contribution in [2.24, 2.45) is 10.7 Å². The van der Waals surface area contributed by atoms with Gasteiger partial charge >= 0.3 is 0 Å². The van der Waals surface area contributed by atoms with Crippen molar-refractivity contribution in [3.63, 3.8) is 0 Å². The fourth-order valence-corrected chi connectivity index (χ4v) is 6.71. The number of aliphatic imine (C=N–C) groups is 1. The molecule has 1 aliphatic heterocycles. The van der Waals surface area contributed by atoms with Crippen LogP contribution in [0.1, 0.15) is 83.0 Å². The van der Waals surface area contributed by atoms with Crippen LogP contribution in [0.25, 0.3) is 0 Å². The monoisotopic (exact) mass is 613 g/mol. The highest BCUT2D eigenvalue weighted by Gasteiger charge is 2.44. The van der Waals surface area contributed by atoms with Crippen LogP contribution in [0.4, 0.5) is 0 Å². The molecule has 0 radical (unpaired) electrons. The lowest BCUT2D eigenvalue weighted by Gasteiger charge is -2.39. The average Bonchev–Trinajstić information content (AvgIpc) is 3.44. The van der Waals surface area contributed by atoms with E-state index in [9.17, 15) is 19.6 Å².